The van der Waals surface area contributed by atoms with Crippen LogP contribution in [0.2, 0.25) is 0 Å². The molecule has 2 bridgehead atoms. The van der Waals surface area contributed by atoms with Crippen LogP contribution in [0.4, 0.5) is 0 Å². The smallest absolute Gasteiger partial charge is 0.343 e. The summed E-state index contributed by atoms with van der Waals surface area (Å²) in [6.07, 6.45) is 3.28. The maximum atomic E-state index is 13.8. The number of ether oxygens (including phenoxy) is 2. The molecule has 8 heteroatoms. The van der Waals surface area contributed by atoms with Crippen molar-refractivity contribution < 1.29 is 24.2 Å². The van der Waals surface area contributed by atoms with Crippen molar-refractivity contribution in [3.05, 3.63) is 59.7 Å². The minimum atomic E-state index is -1.93. The molecule has 1 saturated heterocycles. The van der Waals surface area contributed by atoms with Gasteiger partial charge >= 0.3 is 5.97 Å². The van der Waals surface area contributed by atoms with Crippen LogP contribution in [0.25, 0.3) is 43.6 Å². The fourth-order valence-corrected chi connectivity index (χ4v) is 7.53. The number of carbonyl (C=O) groups is 2. The van der Waals surface area contributed by atoms with E-state index in [9.17, 15) is 14.7 Å². The second-order valence-corrected chi connectivity index (χ2v) is 11.5. The molecule has 40 heavy (non-hydrogen) atoms. The Balaban J connectivity index is 1.47. The summed E-state index contributed by atoms with van der Waals surface area (Å²) < 4.78 is 16.7. The molecule has 0 aliphatic carbocycles. The molecule has 3 aliphatic heterocycles. The highest BCUT2D eigenvalue weighted by Crippen LogP contribution is 2.57. The molecule has 8 rings (SSSR count). The zero-order valence-electron chi connectivity index (χ0n) is 22.6. The molecule has 2 N–H and O–H groups in total. The number of nitrogens with one attached hydrogen (secondary N) is 1. The first-order chi connectivity index (χ1) is 19.4. The first-order valence-electron chi connectivity index (χ1n) is 14.3. The van der Waals surface area contributed by atoms with E-state index >= 15 is 0 Å². The molecular weight excluding hydrogens is 506 g/mol. The lowest BCUT2D eigenvalue weighted by Crippen LogP contribution is -2.56. The Kier molecular flexibility index (Phi) is 4.84. The van der Waals surface area contributed by atoms with Gasteiger partial charge in [-0.2, -0.15) is 0 Å². The van der Waals surface area contributed by atoms with Crippen LogP contribution in [0.1, 0.15) is 68.1 Å². The third-order valence-electron chi connectivity index (χ3n) is 9.40. The van der Waals surface area contributed by atoms with E-state index in [1.807, 2.05) is 53.1 Å². The molecular formula is C32H31N3O5. The highest BCUT2D eigenvalue weighted by atomic mass is 16.6. The van der Waals surface area contributed by atoms with Crippen LogP contribution in [-0.2, 0) is 26.5 Å². The van der Waals surface area contributed by atoms with Gasteiger partial charge in [0.1, 0.15) is 6.23 Å². The summed E-state index contributed by atoms with van der Waals surface area (Å²) >= 11 is 0. The summed E-state index contributed by atoms with van der Waals surface area (Å²) in [5.74, 6) is -0.740. The van der Waals surface area contributed by atoms with E-state index in [1.165, 1.54) is 0 Å². The maximum Gasteiger partial charge on any atom is 0.343 e. The zero-order chi connectivity index (χ0) is 27.4. The number of aliphatic hydroxyl groups is 1. The van der Waals surface area contributed by atoms with Crippen molar-refractivity contribution >= 4 is 55.5 Å². The molecule has 2 aromatic heterocycles. The Morgan fingerprint density at radius 1 is 1.05 bits per heavy atom. The van der Waals surface area contributed by atoms with Gasteiger partial charge in [-0.05, 0) is 31.0 Å². The number of amides is 1. The van der Waals surface area contributed by atoms with Crippen molar-refractivity contribution in [1.29, 1.82) is 0 Å². The molecule has 5 heterocycles. The van der Waals surface area contributed by atoms with Gasteiger partial charge in [-0.3, -0.25) is 4.79 Å². The second kappa shape index (κ2) is 8.08. The van der Waals surface area contributed by atoms with E-state index in [4.69, 9.17) is 9.47 Å². The Hall–Kier alpha value is -3.88. The predicted octanol–water partition coefficient (Wildman–Crippen LogP) is 5.61. The molecule has 0 saturated carbocycles. The summed E-state index contributed by atoms with van der Waals surface area (Å²) in [5.41, 5.74) is 1.75. The van der Waals surface area contributed by atoms with Gasteiger partial charge in [-0.25, -0.2) is 4.79 Å². The lowest BCUT2D eigenvalue weighted by atomic mass is 9.88. The molecule has 1 amide bonds. The fourth-order valence-electron chi connectivity index (χ4n) is 7.53. The largest absolute Gasteiger partial charge is 0.463 e. The van der Waals surface area contributed by atoms with Gasteiger partial charge in [0.05, 0.1) is 34.2 Å². The van der Waals surface area contributed by atoms with Crippen LogP contribution >= 0.6 is 0 Å². The summed E-state index contributed by atoms with van der Waals surface area (Å²) in [7, 11) is 0. The number of benzene rings is 3. The fraction of sp³-hybridized carbons (Fsp3) is 0.375. The Morgan fingerprint density at radius 3 is 2.55 bits per heavy atom. The van der Waals surface area contributed by atoms with Crippen molar-refractivity contribution in [2.45, 2.75) is 70.1 Å². The van der Waals surface area contributed by atoms with E-state index in [-0.39, 0.29) is 18.9 Å². The first kappa shape index (κ1) is 24.0. The molecule has 1 fully saturated rings. The van der Waals surface area contributed by atoms with Crippen molar-refractivity contribution in [2.75, 3.05) is 6.61 Å². The minimum Gasteiger partial charge on any atom is -0.463 e. The summed E-state index contributed by atoms with van der Waals surface area (Å²) in [5, 5.41) is 19.2. The lowest BCUT2D eigenvalue weighted by Gasteiger charge is -2.37. The number of unbranched alkanes of at least 4 members (excludes halogenated alkanes) is 3. The summed E-state index contributed by atoms with van der Waals surface area (Å²) in [6.45, 7) is 4.61. The van der Waals surface area contributed by atoms with Crippen LogP contribution in [0, 0.1) is 0 Å². The van der Waals surface area contributed by atoms with E-state index < -0.39 is 23.5 Å². The van der Waals surface area contributed by atoms with Gasteiger partial charge in [-0.1, -0.05) is 62.6 Å². The van der Waals surface area contributed by atoms with Crippen molar-refractivity contribution in [1.82, 2.24) is 14.5 Å². The Bertz CT molecular complexity index is 1920. The van der Waals surface area contributed by atoms with Gasteiger partial charge < -0.3 is 29.0 Å². The van der Waals surface area contributed by atoms with E-state index in [0.29, 0.717) is 12.1 Å². The van der Waals surface area contributed by atoms with Crippen LogP contribution in [0.5, 0.6) is 0 Å². The van der Waals surface area contributed by atoms with Gasteiger partial charge in [-0.15, -0.1) is 0 Å². The maximum absolute atomic E-state index is 13.8. The molecule has 5 aromatic rings. The Morgan fingerprint density at radius 2 is 1.77 bits per heavy atom. The molecule has 8 nitrogen and oxygen atoms in total. The molecule has 3 atom stereocenters. The number of para-hydroxylation sites is 2. The zero-order valence-corrected chi connectivity index (χ0v) is 22.6. The monoisotopic (exact) mass is 537 g/mol. The van der Waals surface area contributed by atoms with Crippen molar-refractivity contribution in [3.8, 4) is 0 Å². The summed E-state index contributed by atoms with van der Waals surface area (Å²) in [4.78, 5) is 27.1. The molecule has 0 spiro atoms. The molecule has 3 aliphatic rings. The number of esters is 1. The predicted molar refractivity (Wildman–Crippen MR) is 152 cm³/mol. The van der Waals surface area contributed by atoms with Crippen LogP contribution < -0.4 is 5.32 Å². The minimum absolute atomic E-state index is 0.0296. The van der Waals surface area contributed by atoms with E-state index in [0.717, 1.165) is 74.9 Å². The molecule has 204 valence electrons. The number of hydrogen-bond donors (Lipinski definition) is 2. The van der Waals surface area contributed by atoms with Gasteiger partial charge in [0, 0.05) is 34.5 Å². The van der Waals surface area contributed by atoms with Gasteiger partial charge in [0.25, 0.3) is 5.91 Å². The van der Waals surface area contributed by atoms with Gasteiger partial charge in [0.2, 0.25) is 5.60 Å². The number of fused-ring (bicyclic) bond motifs is 13. The highest BCUT2D eigenvalue weighted by molar-refractivity contribution is 6.31. The number of aromatic nitrogens is 2. The van der Waals surface area contributed by atoms with Crippen LogP contribution in [0.3, 0.4) is 0 Å². The highest BCUT2D eigenvalue weighted by Gasteiger charge is 2.66. The molecule has 3 aromatic carbocycles. The summed E-state index contributed by atoms with van der Waals surface area (Å²) in [6, 6.07) is 16.0. The Labute approximate surface area is 230 Å². The normalized spacial score (nSPS) is 24.9. The van der Waals surface area contributed by atoms with Gasteiger partial charge in [0.15, 0.2) is 5.72 Å². The topological polar surface area (TPSA) is 94.7 Å². The number of carbonyl (C=O) groups excluding carboxylic acids is 2. The second-order valence-electron chi connectivity index (χ2n) is 11.5. The molecule has 0 unspecified atom stereocenters. The average Bonchev–Trinajstić information content (AvgIpc) is 3.65. The number of rotatable bonds is 6. The van der Waals surface area contributed by atoms with Crippen LogP contribution in [-0.4, -0.2) is 38.3 Å². The average molecular weight is 538 g/mol. The number of nitrogens with zero attached hydrogens (tertiary/aromatic N) is 2. The molecule has 0 radical (unpaired) electrons. The standard InChI is InChI=1S/C32H31N3O5/c1-3-4-5-10-15-39-30(37)32(38)16-23-34-21-13-8-6-11-18(21)25-26-20(17-33-29(26)36)24-19-12-7-9-14-22(19)35(28(24)27(25)34)31(32,2)40-23/h6-9,11-14,23,38H,3-5,10,15-17H2,1-2H3,(H,33,36)/t23-,31+,32-/m0/s1. The SMILES string of the molecule is CCCCCCOC(=O)[C@@]1(O)C[C@@H]2O[C@@]1(C)n1c3ccccc3c3c4c(c5c6ccccc6n2c5c31)C(=O)NC4. The van der Waals surface area contributed by atoms with Crippen LogP contribution in [0.15, 0.2) is 48.5 Å². The first-order valence-corrected chi connectivity index (χ1v) is 14.3. The van der Waals surface area contributed by atoms with E-state index in [1.54, 1.807) is 6.92 Å². The van der Waals surface area contributed by atoms with E-state index in [2.05, 4.69) is 16.8 Å². The number of hydrogen-bond acceptors (Lipinski definition) is 5. The third-order valence-corrected chi connectivity index (χ3v) is 9.40. The lowest BCUT2D eigenvalue weighted by molar-refractivity contribution is -0.204. The van der Waals surface area contributed by atoms with Crippen molar-refractivity contribution in [2.24, 2.45) is 0 Å². The quantitative estimate of drug-likeness (QED) is 0.217. The van der Waals surface area contributed by atoms with Crippen molar-refractivity contribution in [3.63, 3.8) is 0 Å². The third kappa shape index (κ3) is 2.73.